The standard InChI is InChI=1S/C25H16Cl3N5O2S/c1-35-17-9-7-14(8-10-17)20-13-36-25(29-20)33-24(34)23(21(32-33)15-5-3-2-4-6-15)31-30-22-18(27)11-16(26)12-19(22)28/h2-13,32H,1H3. The van der Waals surface area contributed by atoms with Crippen molar-refractivity contribution in [1.82, 2.24) is 14.8 Å². The van der Waals surface area contributed by atoms with E-state index >= 15 is 0 Å². The van der Waals surface area contributed by atoms with E-state index in [9.17, 15) is 4.79 Å². The first kappa shape index (κ1) is 24.3. The summed E-state index contributed by atoms with van der Waals surface area (Å²) in [6.45, 7) is 0. The zero-order valence-corrected chi connectivity index (χ0v) is 21.7. The van der Waals surface area contributed by atoms with Gasteiger partial charge in [-0.1, -0.05) is 65.1 Å². The number of ether oxygens (including phenoxy) is 1. The van der Waals surface area contributed by atoms with Crippen molar-refractivity contribution in [1.29, 1.82) is 0 Å². The van der Waals surface area contributed by atoms with Gasteiger partial charge >= 0.3 is 5.56 Å². The molecule has 0 unspecified atom stereocenters. The number of halogens is 3. The van der Waals surface area contributed by atoms with Crippen LogP contribution in [-0.2, 0) is 0 Å². The Hall–Kier alpha value is -3.43. The molecule has 5 rings (SSSR count). The van der Waals surface area contributed by atoms with Crippen LogP contribution >= 0.6 is 46.1 Å². The molecule has 0 aliphatic carbocycles. The molecule has 0 amide bonds. The van der Waals surface area contributed by atoms with Crippen molar-refractivity contribution < 1.29 is 4.74 Å². The van der Waals surface area contributed by atoms with Gasteiger partial charge in [0.25, 0.3) is 0 Å². The van der Waals surface area contributed by atoms with Crippen molar-refractivity contribution in [3.8, 4) is 33.4 Å². The number of hydrogen-bond acceptors (Lipinski definition) is 6. The molecule has 0 spiro atoms. The van der Waals surface area contributed by atoms with Crippen LogP contribution in [0.1, 0.15) is 0 Å². The number of aromatic nitrogens is 3. The first-order valence-corrected chi connectivity index (χ1v) is 12.5. The van der Waals surface area contributed by atoms with E-state index in [1.54, 1.807) is 7.11 Å². The molecule has 0 atom stereocenters. The minimum atomic E-state index is -0.422. The molecule has 7 nitrogen and oxygen atoms in total. The molecule has 3 aromatic carbocycles. The van der Waals surface area contributed by atoms with Gasteiger partial charge in [0, 0.05) is 21.5 Å². The highest BCUT2D eigenvalue weighted by Crippen LogP contribution is 2.38. The van der Waals surface area contributed by atoms with Gasteiger partial charge in [0.2, 0.25) is 5.13 Å². The summed E-state index contributed by atoms with van der Waals surface area (Å²) in [5.74, 6) is 0.748. The maximum atomic E-state index is 13.5. The fourth-order valence-electron chi connectivity index (χ4n) is 3.45. The topological polar surface area (TPSA) is 84.6 Å². The molecule has 2 aromatic heterocycles. The lowest BCUT2D eigenvalue weighted by molar-refractivity contribution is 0.415. The average molecular weight is 557 g/mol. The molecule has 36 heavy (non-hydrogen) atoms. The van der Waals surface area contributed by atoms with Crippen LogP contribution in [-0.4, -0.2) is 21.9 Å². The normalized spacial score (nSPS) is 11.3. The Morgan fingerprint density at radius 2 is 1.58 bits per heavy atom. The Morgan fingerprint density at radius 3 is 2.25 bits per heavy atom. The SMILES string of the molecule is COc1ccc(-c2csc(-n3[nH]c(-c4ccccc4)c(N=Nc4c(Cl)cc(Cl)cc4Cl)c3=O)n2)cc1. The number of rotatable bonds is 6. The molecule has 5 aromatic rings. The molecule has 2 heterocycles. The molecule has 1 N–H and O–H groups in total. The Bertz CT molecular complexity index is 1600. The summed E-state index contributed by atoms with van der Waals surface area (Å²) >= 11 is 19.8. The highest BCUT2D eigenvalue weighted by Gasteiger charge is 2.19. The van der Waals surface area contributed by atoms with E-state index in [4.69, 9.17) is 39.5 Å². The summed E-state index contributed by atoms with van der Waals surface area (Å²) in [6, 6.07) is 19.9. The molecule has 0 aliphatic rings. The molecule has 180 valence electrons. The zero-order chi connectivity index (χ0) is 25.2. The largest absolute Gasteiger partial charge is 0.497 e. The third-order valence-electron chi connectivity index (χ3n) is 5.23. The second-order valence-corrected chi connectivity index (χ2v) is 9.59. The molecule has 0 saturated carbocycles. The molecule has 0 radical (unpaired) electrons. The highest BCUT2D eigenvalue weighted by atomic mass is 35.5. The van der Waals surface area contributed by atoms with Crippen LogP contribution < -0.4 is 10.3 Å². The van der Waals surface area contributed by atoms with Gasteiger partial charge in [0.1, 0.15) is 11.4 Å². The van der Waals surface area contributed by atoms with Crippen LogP contribution in [0.3, 0.4) is 0 Å². The third kappa shape index (κ3) is 4.81. The monoisotopic (exact) mass is 555 g/mol. The first-order chi connectivity index (χ1) is 17.4. The summed E-state index contributed by atoms with van der Waals surface area (Å²) < 4.78 is 6.56. The van der Waals surface area contributed by atoms with Crippen LogP contribution in [0.2, 0.25) is 15.1 Å². The van der Waals surface area contributed by atoms with Crippen LogP contribution in [0, 0.1) is 0 Å². The van der Waals surface area contributed by atoms with Crippen molar-refractivity contribution in [2.24, 2.45) is 10.2 Å². The Balaban J connectivity index is 1.59. The molecule has 0 saturated heterocycles. The molecule has 0 bridgehead atoms. The Morgan fingerprint density at radius 1 is 0.917 bits per heavy atom. The number of nitrogens with one attached hydrogen (secondary N) is 1. The van der Waals surface area contributed by atoms with E-state index in [0.717, 1.165) is 22.6 Å². The maximum absolute atomic E-state index is 13.5. The maximum Gasteiger partial charge on any atom is 0.301 e. The summed E-state index contributed by atoms with van der Waals surface area (Å²) in [6.07, 6.45) is 0. The van der Waals surface area contributed by atoms with Gasteiger partial charge in [0.15, 0.2) is 5.69 Å². The van der Waals surface area contributed by atoms with Crippen LogP contribution in [0.5, 0.6) is 5.75 Å². The van der Waals surface area contributed by atoms with Crippen molar-refractivity contribution in [2.75, 3.05) is 7.11 Å². The quantitative estimate of drug-likeness (QED) is 0.213. The summed E-state index contributed by atoms with van der Waals surface area (Å²) in [5.41, 5.74) is 2.73. The lowest BCUT2D eigenvalue weighted by atomic mass is 10.1. The van der Waals surface area contributed by atoms with Gasteiger partial charge in [-0.3, -0.25) is 9.89 Å². The number of aromatic amines is 1. The lowest BCUT2D eigenvalue weighted by Crippen LogP contribution is -2.13. The zero-order valence-electron chi connectivity index (χ0n) is 18.6. The van der Waals surface area contributed by atoms with Gasteiger partial charge in [-0.05, 0) is 36.4 Å². The smallest absolute Gasteiger partial charge is 0.301 e. The number of H-pyrrole nitrogens is 1. The van der Waals surface area contributed by atoms with Crippen LogP contribution in [0.4, 0.5) is 11.4 Å². The molecule has 11 heteroatoms. The van der Waals surface area contributed by atoms with Crippen LogP contribution in [0.15, 0.2) is 87.1 Å². The number of benzene rings is 3. The van der Waals surface area contributed by atoms with E-state index in [1.807, 2.05) is 60.0 Å². The average Bonchev–Trinajstić information content (AvgIpc) is 3.49. The molecule has 0 aliphatic heterocycles. The molecular formula is C25H16Cl3N5O2S. The summed E-state index contributed by atoms with van der Waals surface area (Å²) in [4.78, 5) is 18.1. The predicted octanol–water partition coefficient (Wildman–Crippen LogP) is 8.34. The van der Waals surface area contributed by atoms with E-state index < -0.39 is 5.56 Å². The van der Waals surface area contributed by atoms with Gasteiger partial charge < -0.3 is 4.74 Å². The Labute approximate surface area is 224 Å². The number of azo groups is 1. The fraction of sp³-hybridized carbons (Fsp3) is 0.0400. The van der Waals surface area contributed by atoms with E-state index in [1.165, 1.54) is 28.2 Å². The van der Waals surface area contributed by atoms with Crippen LogP contribution in [0.25, 0.3) is 27.6 Å². The number of hydrogen-bond donors (Lipinski definition) is 1. The van der Waals surface area contributed by atoms with E-state index in [2.05, 4.69) is 20.3 Å². The van der Waals surface area contributed by atoms with E-state index in [0.29, 0.717) is 15.8 Å². The molecular weight excluding hydrogens is 541 g/mol. The van der Waals surface area contributed by atoms with Crippen molar-refractivity contribution in [2.45, 2.75) is 0 Å². The summed E-state index contributed by atoms with van der Waals surface area (Å²) in [5, 5.41) is 14.7. The first-order valence-electron chi connectivity index (χ1n) is 10.5. The van der Waals surface area contributed by atoms with Gasteiger partial charge in [-0.2, -0.15) is 4.68 Å². The van der Waals surface area contributed by atoms with E-state index in [-0.39, 0.29) is 21.4 Å². The molecule has 0 fully saturated rings. The van der Waals surface area contributed by atoms with Crippen molar-refractivity contribution in [3.63, 3.8) is 0 Å². The third-order valence-corrected chi connectivity index (χ3v) is 6.85. The summed E-state index contributed by atoms with van der Waals surface area (Å²) in [7, 11) is 1.61. The minimum absolute atomic E-state index is 0.0875. The fourth-order valence-corrected chi connectivity index (χ4v) is 5.14. The number of nitrogens with zero attached hydrogens (tertiary/aromatic N) is 4. The van der Waals surface area contributed by atoms with Gasteiger partial charge in [-0.25, -0.2) is 4.98 Å². The van der Waals surface area contributed by atoms with Gasteiger partial charge in [0.05, 0.1) is 28.5 Å². The lowest BCUT2D eigenvalue weighted by Gasteiger charge is -2.01. The van der Waals surface area contributed by atoms with Crippen molar-refractivity contribution in [3.05, 3.63) is 97.5 Å². The second kappa shape index (κ2) is 10.3. The number of methoxy groups -OCH3 is 1. The number of thiazole rings is 1. The highest BCUT2D eigenvalue weighted by molar-refractivity contribution is 7.12. The second-order valence-electron chi connectivity index (χ2n) is 7.50. The van der Waals surface area contributed by atoms with Crippen molar-refractivity contribution >= 4 is 57.5 Å². The predicted molar refractivity (Wildman–Crippen MR) is 145 cm³/mol. The minimum Gasteiger partial charge on any atom is -0.497 e. The Kier molecular flexibility index (Phi) is 6.93. The van der Waals surface area contributed by atoms with Gasteiger partial charge in [-0.15, -0.1) is 21.6 Å².